The number of amides is 1. The lowest BCUT2D eigenvalue weighted by molar-refractivity contribution is 0.145. The van der Waals surface area contributed by atoms with Crippen LogP contribution >= 0.6 is 0 Å². The maximum atomic E-state index is 14.8. The maximum Gasteiger partial charge on any atom is 0.414 e. The molecule has 1 fully saturated rings. The molecule has 8 nitrogen and oxygen atoms in total. The number of rotatable bonds is 4. The molecular formula is C18H17FN6O2. The lowest BCUT2D eigenvalue weighted by atomic mass is 10.0. The van der Waals surface area contributed by atoms with Crippen LogP contribution in [0.2, 0.25) is 0 Å². The van der Waals surface area contributed by atoms with E-state index in [1.54, 1.807) is 18.3 Å². The van der Waals surface area contributed by atoms with E-state index in [9.17, 15) is 9.18 Å². The molecule has 1 amide bonds. The number of fused-ring (bicyclic) bond motifs is 1. The maximum absolute atomic E-state index is 14.8. The fourth-order valence-electron chi connectivity index (χ4n) is 3.46. The van der Waals surface area contributed by atoms with Gasteiger partial charge in [0.25, 0.3) is 0 Å². The fourth-order valence-corrected chi connectivity index (χ4v) is 3.46. The van der Waals surface area contributed by atoms with Crippen molar-refractivity contribution in [3.05, 3.63) is 64.0 Å². The van der Waals surface area contributed by atoms with Crippen LogP contribution in [-0.4, -0.2) is 36.8 Å². The second-order valence-corrected chi connectivity index (χ2v) is 6.48. The molecular weight excluding hydrogens is 351 g/mol. The zero-order valence-corrected chi connectivity index (χ0v) is 14.5. The number of carbonyl (C=O) groups excluding carboxylic acids is 1. The Bertz CT molecular complexity index is 930. The summed E-state index contributed by atoms with van der Waals surface area (Å²) in [7, 11) is 0. The molecule has 138 valence electrons. The minimum Gasteiger partial charge on any atom is -0.444 e. The SMILES string of the molecule is [N-]=[N+]=NC[C@H]1CN(c2ccc(N3CCc4ccncc4C3)c(F)c2)C(=O)O1. The van der Waals surface area contributed by atoms with Crippen LogP contribution in [-0.2, 0) is 17.7 Å². The van der Waals surface area contributed by atoms with Crippen LogP contribution in [0.25, 0.3) is 10.4 Å². The van der Waals surface area contributed by atoms with Crippen molar-refractivity contribution in [2.45, 2.75) is 19.1 Å². The van der Waals surface area contributed by atoms with Crippen LogP contribution in [0.4, 0.5) is 20.6 Å². The number of anilines is 2. The number of pyridine rings is 1. The molecule has 0 saturated carbocycles. The lowest BCUT2D eigenvalue weighted by Crippen LogP contribution is -2.31. The molecule has 1 atom stereocenters. The molecule has 1 aromatic carbocycles. The van der Waals surface area contributed by atoms with Gasteiger partial charge in [0.1, 0.15) is 11.9 Å². The highest BCUT2D eigenvalue weighted by Crippen LogP contribution is 2.30. The molecule has 0 aliphatic carbocycles. The number of hydrogen-bond donors (Lipinski definition) is 0. The summed E-state index contributed by atoms with van der Waals surface area (Å²) >= 11 is 0. The average Bonchev–Trinajstić information content (AvgIpc) is 3.06. The Balaban J connectivity index is 1.52. The van der Waals surface area contributed by atoms with Crippen LogP contribution in [0.3, 0.4) is 0 Å². The number of cyclic esters (lactones) is 1. The summed E-state index contributed by atoms with van der Waals surface area (Å²) < 4.78 is 19.9. The van der Waals surface area contributed by atoms with E-state index < -0.39 is 18.0 Å². The van der Waals surface area contributed by atoms with Crippen LogP contribution in [0.5, 0.6) is 0 Å². The monoisotopic (exact) mass is 368 g/mol. The zero-order valence-electron chi connectivity index (χ0n) is 14.5. The molecule has 2 aromatic rings. The Kier molecular flexibility index (Phi) is 4.52. The van der Waals surface area contributed by atoms with E-state index in [0.29, 0.717) is 24.5 Å². The van der Waals surface area contributed by atoms with Crippen molar-refractivity contribution >= 4 is 17.5 Å². The van der Waals surface area contributed by atoms with Crippen molar-refractivity contribution in [1.29, 1.82) is 0 Å². The number of nitrogens with zero attached hydrogens (tertiary/aromatic N) is 6. The molecule has 9 heteroatoms. The Hall–Kier alpha value is -3.32. The second kappa shape index (κ2) is 7.13. The van der Waals surface area contributed by atoms with E-state index in [-0.39, 0.29) is 13.1 Å². The smallest absolute Gasteiger partial charge is 0.414 e. The fraction of sp³-hybridized carbons (Fsp3) is 0.333. The van der Waals surface area contributed by atoms with Gasteiger partial charge in [0.15, 0.2) is 0 Å². The largest absolute Gasteiger partial charge is 0.444 e. The predicted molar refractivity (Wildman–Crippen MR) is 97.0 cm³/mol. The highest BCUT2D eigenvalue weighted by atomic mass is 19.1. The topological polar surface area (TPSA) is 94.4 Å². The molecule has 0 bridgehead atoms. The number of halogens is 1. The first-order valence-electron chi connectivity index (χ1n) is 8.61. The van der Waals surface area contributed by atoms with Gasteiger partial charge < -0.3 is 9.64 Å². The first-order chi connectivity index (χ1) is 13.2. The number of ether oxygens (including phenoxy) is 1. The minimum atomic E-state index is -0.571. The summed E-state index contributed by atoms with van der Waals surface area (Å²) in [5, 5.41) is 3.42. The Labute approximate surface area is 154 Å². The molecule has 1 saturated heterocycles. The highest BCUT2D eigenvalue weighted by Gasteiger charge is 2.32. The molecule has 0 N–H and O–H groups in total. The van der Waals surface area contributed by atoms with Gasteiger partial charge in [0.2, 0.25) is 0 Å². The van der Waals surface area contributed by atoms with Crippen molar-refractivity contribution in [1.82, 2.24) is 4.98 Å². The standard InChI is InChI=1S/C18H17FN6O2/c19-16-7-14(25-11-15(9-22-23-20)27-18(25)26)1-2-17(16)24-6-4-12-3-5-21-8-13(12)10-24/h1-3,5,7-8,15H,4,6,9-11H2/t15-/m0/s1. The Morgan fingerprint density at radius 1 is 1.37 bits per heavy atom. The number of hydrogen-bond acceptors (Lipinski definition) is 5. The first kappa shape index (κ1) is 17.1. The van der Waals surface area contributed by atoms with Crippen molar-refractivity contribution in [3.8, 4) is 0 Å². The van der Waals surface area contributed by atoms with Crippen LogP contribution in [0.15, 0.2) is 41.8 Å². The Morgan fingerprint density at radius 3 is 3.07 bits per heavy atom. The van der Waals surface area contributed by atoms with Gasteiger partial charge in [-0.15, -0.1) is 0 Å². The van der Waals surface area contributed by atoms with Gasteiger partial charge in [-0.25, -0.2) is 9.18 Å². The molecule has 0 spiro atoms. The molecule has 3 heterocycles. The van der Waals surface area contributed by atoms with Crippen molar-refractivity contribution < 1.29 is 13.9 Å². The second-order valence-electron chi connectivity index (χ2n) is 6.48. The molecule has 27 heavy (non-hydrogen) atoms. The Morgan fingerprint density at radius 2 is 2.26 bits per heavy atom. The number of aromatic nitrogens is 1. The normalized spacial score (nSPS) is 18.7. The molecule has 0 unspecified atom stereocenters. The third kappa shape index (κ3) is 3.37. The van der Waals surface area contributed by atoms with E-state index in [2.05, 4.69) is 15.0 Å². The molecule has 0 radical (unpaired) electrons. The van der Waals surface area contributed by atoms with Crippen LogP contribution in [0, 0.1) is 5.82 Å². The molecule has 2 aliphatic rings. The number of carbonyl (C=O) groups is 1. The summed E-state index contributed by atoms with van der Waals surface area (Å²) in [5.74, 6) is -0.397. The van der Waals surface area contributed by atoms with Gasteiger partial charge in [-0.1, -0.05) is 5.11 Å². The third-order valence-corrected chi connectivity index (χ3v) is 4.82. The first-order valence-corrected chi connectivity index (χ1v) is 8.61. The van der Waals surface area contributed by atoms with Gasteiger partial charge in [-0.3, -0.25) is 9.88 Å². The number of benzene rings is 1. The predicted octanol–water partition coefficient (Wildman–Crippen LogP) is 3.42. The van der Waals surface area contributed by atoms with Crippen molar-refractivity contribution in [2.75, 3.05) is 29.4 Å². The van der Waals surface area contributed by atoms with E-state index in [1.165, 1.54) is 16.5 Å². The van der Waals surface area contributed by atoms with Gasteiger partial charge in [0, 0.05) is 30.4 Å². The summed E-state index contributed by atoms with van der Waals surface area (Å²) in [6, 6.07) is 6.72. The lowest BCUT2D eigenvalue weighted by Gasteiger charge is -2.31. The van der Waals surface area contributed by atoms with Gasteiger partial charge in [-0.05, 0) is 47.3 Å². The average molecular weight is 368 g/mol. The van der Waals surface area contributed by atoms with E-state index in [4.69, 9.17) is 10.3 Å². The third-order valence-electron chi connectivity index (χ3n) is 4.82. The quantitative estimate of drug-likeness (QED) is 0.469. The summed E-state index contributed by atoms with van der Waals surface area (Å²) in [6.07, 6.45) is 3.32. The summed E-state index contributed by atoms with van der Waals surface area (Å²) in [6.45, 7) is 1.59. The van der Waals surface area contributed by atoms with E-state index >= 15 is 0 Å². The number of azide groups is 1. The van der Waals surface area contributed by atoms with Crippen molar-refractivity contribution in [2.24, 2.45) is 5.11 Å². The van der Waals surface area contributed by atoms with Gasteiger partial charge in [-0.2, -0.15) is 0 Å². The molecule has 2 aliphatic heterocycles. The van der Waals surface area contributed by atoms with Crippen LogP contribution in [0.1, 0.15) is 11.1 Å². The summed E-state index contributed by atoms with van der Waals surface area (Å²) in [4.78, 5) is 22.1. The molecule has 4 rings (SSSR count). The zero-order chi connectivity index (χ0) is 18.8. The highest BCUT2D eigenvalue weighted by molar-refractivity contribution is 5.90. The van der Waals surface area contributed by atoms with Gasteiger partial charge >= 0.3 is 6.09 Å². The van der Waals surface area contributed by atoms with E-state index in [1.807, 2.05) is 17.2 Å². The van der Waals surface area contributed by atoms with E-state index in [0.717, 1.165) is 12.0 Å². The van der Waals surface area contributed by atoms with Crippen LogP contribution < -0.4 is 9.80 Å². The minimum absolute atomic E-state index is 0.0561. The van der Waals surface area contributed by atoms with Gasteiger partial charge in [0.05, 0.1) is 24.5 Å². The van der Waals surface area contributed by atoms with Crippen molar-refractivity contribution in [3.63, 3.8) is 0 Å². The summed E-state index contributed by atoms with van der Waals surface area (Å²) in [5.41, 5.74) is 11.6. The molecule has 1 aromatic heterocycles.